The molecule has 1 fully saturated rings. The van der Waals surface area contributed by atoms with Crippen molar-refractivity contribution in [3.8, 4) is 0 Å². The number of carbonyl (C=O) groups is 1. The maximum absolute atomic E-state index is 12.2. The van der Waals surface area contributed by atoms with Gasteiger partial charge in [0.2, 0.25) is 10.0 Å². The maximum Gasteiger partial charge on any atom is 0.335 e. The quantitative estimate of drug-likeness (QED) is 0.598. The standard InChI is InChI=1S/C13H17BrN2O4S/c14-11-5-2-9(13(17)18)8-12(11)21(19,20)16-7-1-6-15-10-3-4-10/h2,5,8,10,15-16H,1,3-4,6-7H2,(H,17,18). The zero-order valence-corrected chi connectivity index (χ0v) is 13.7. The van der Waals surface area contributed by atoms with Gasteiger partial charge < -0.3 is 10.4 Å². The molecule has 1 aliphatic carbocycles. The highest BCUT2D eigenvalue weighted by atomic mass is 79.9. The molecule has 0 heterocycles. The van der Waals surface area contributed by atoms with Crippen LogP contribution in [0.15, 0.2) is 27.6 Å². The minimum Gasteiger partial charge on any atom is -0.478 e. The predicted molar refractivity (Wildman–Crippen MR) is 81.9 cm³/mol. The summed E-state index contributed by atoms with van der Waals surface area (Å²) in [5.41, 5.74) is -0.0611. The Labute approximate surface area is 132 Å². The Morgan fingerprint density at radius 1 is 1.33 bits per heavy atom. The summed E-state index contributed by atoms with van der Waals surface area (Å²) >= 11 is 3.14. The fourth-order valence-electron chi connectivity index (χ4n) is 1.81. The Hall–Kier alpha value is -0.960. The third-order valence-electron chi connectivity index (χ3n) is 3.12. The Morgan fingerprint density at radius 3 is 2.67 bits per heavy atom. The van der Waals surface area contributed by atoms with E-state index in [9.17, 15) is 13.2 Å². The Bertz CT molecular complexity index is 629. The van der Waals surface area contributed by atoms with E-state index in [-0.39, 0.29) is 10.5 Å². The van der Waals surface area contributed by atoms with Crippen molar-refractivity contribution < 1.29 is 18.3 Å². The van der Waals surface area contributed by atoms with Crippen LogP contribution in [0.2, 0.25) is 0 Å². The highest BCUT2D eigenvalue weighted by Crippen LogP contribution is 2.23. The molecular weight excluding hydrogens is 360 g/mol. The van der Waals surface area contributed by atoms with Crippen molar-refractivity contribution in [2.75, 3.05) is 13.1 Å². The van der Waals surface area contributed by atoms with Crippen LogP contribution in [0.3, 0.4) is 0 Å². The van der Waals surface area contributed by atoms with Crippen molar-refractivity contribution in [3.05, 3.63) is 28.2 Å². The van der Waals surface area contributed by atoms with Gasteiger partial charge in [0.05, 0.1) is 10.5 Å². The molecule has 1 aliphatic rings. The molecule has 6 nitrogen and oxygen atoms in total. The zero-order chi connectivity index (χ0) is 15.5. The van der Waals surface area contributed by atoms with Gasteiger partial charge in [0, 0.05) is 17.1 Å². The molecule has 1 aromatic carbocycles. The summed E-state index contributed by atoms with van der Waals surface area (Å²) < 4.78 is 27.2. The number of aromatic carboxylic acids is 1. The first kappa shape index (κ1) is 16.4. The molecule has 0 unspecified atom stereocenters. The van der Waals surface area contributed by atoms with Crippen LogP contribution in [0.1, 0.15) is 29.6 Å². The van der Waals surface area contributed by atoms with Crippen LogP contribution in [0.4, 0.5) is 0 Å². The molecular formula is C13H17BrN2O4S. The van der Waals surface area contributed by atoms with Gasteiger partial charge in [-0.2, -0.15) is 0 Å². The number of carboxylic acids is 1. The van der Waals surface area contributed by atoms with E-state index in [4.69, 9.17) is 5.11 Å². The molecule has 21 heavy (non-hydrogen) atoms. The highest BCUT2D eigenvalue weighted by molar-refractivity contribution is 9.10. The lowest BCUT2D eigenvalue weighted by Gasteiger charge is -2.09. The Kier molecular flexibility index (Phi) is 5.37. The average Bonchev–Trinajstić information content (AvgIpc) is 3.22. The van der Waals surface area contributed by atoms with E-state index in [0.717, 1.165) is 12.6 Å². The van der Waals surface area contributed by atoms with Gasteiger partial charge in [-0.15, -0.1) is 0 Å². The van der Waals surface area contributed by atoms with Gasteiger partial charge in [0.25, 0.3) is 0 Å². The number of sulfonamides is 1. The van der Waals surface area contributed by atoms with Crippen LogP contribution < -0.4 is 10.0 Å². The summed E-state index contributed by atoms with van der Waals surface area (Å²) in [7, 11) is -3.72. The largest absolute Gasteiger partial charge is 0.478 e. The summed E-state index contributed by atoms with van der Waals surface area (Å²) in [6, 6.07) is 4.53. The topological polar surface area (TPSA) is 95.5 Å². The SMILES string of the molecule is O=C(O)c1ccc(Br)c(S(=O)(=O)NCCCNC2CC2)c1. The van der Waals surface area contributed by atoms with Gasteiger partial charge in [-0.1, -0.05) is 0 Å². The summed E-state index contributed by atoms with van der Waals surface area (Å²) in [6.07, 6.45) is 3.08. The second-order valence-corrected chi connectivity index (χ2v) is 7.52. The van der Waals surface area contributed by atoms with Gasteiger partial charge in [0.1, 0.15) is 0 Å². The van der Waals surface area contributed by atoms with E-state index >= 15 is 0 Å². The van der Waals surface area contributed by atoms with E-state index in [2.05, 4.69) is 26.0 Å². The zero-order valence-electron chi connectivity index (χ0n) is 11.3. The number of carboxylic acid groups (broad SMARTS) is 1. The molecule has 2 rings (SSSR count). The smallest absolute Gasteiger partial charge is 0.335 e. The first-order chi connectivity index (χ1) is 9.90. The minimum atomic E-state index is -3.72. The predicted octanol–water partition coefficient (Wildman–Crippen LogP) is 1.57. The lowest BCUT2D eigenvalue weighted by Crippen LogP contribution is -2.28. The van der Waals surface area contributed by atoms with Crippen molar-refractivity contribution in [1.29, 1.82) is 0 Å². The number of rotatable bonds is 8. The van der Waals surface area contributed by atoms with E-state index in [1.54, 1.807) is 0 Å². The third kappa shape index (κ3) is 4.77. The number of hydrogen-bond acceptors (Lipinski definition) is 4. The second-order valence-electron chi connectivity index (χ2n) is 4.93. The molecule has 116 valence electrons. The molecule has 0 bridgehead atoms. The molecule has 1 saturated carbocycles. The van der Waals surface area contributed by atoms with Crippen LogP contribution in [-0.2, 0) is 10.0 Å². The van der Waals surface area contributed by atoms with E-state index < -0.39 is 16.0 Å². The van der Waals surface area contributed by atoms with Gasteiger partial charge in [-0.25, -0.2) is 17.9 Å². The van der Waals surface area contributed by atoms with Gasteiger partial charge >= 0.3 is 5.97 Å². The fraction of sp³-hybridized carbons (Fsp3) is 0.462. The molecule has 3 N–H and O–H groups in total. The van der Waals surface area contributed by atoms with Crippen molar-refractivity contribution >= 4 is 31.9 Å². The maximum atomic E-state index is 12.2. The Morgan fingerprint density at radius 2 is 2.05 bits per heavy atom. The van der Waals surface area contributed by atoms with Gasteiger partial charge in [0.15, 0.2) is 0 Å². The van der Waals surface area contributed by atoms with E-state index in [1.807, 2.05) is 0 Å². The number of nitrogens with one attached hydrogen (secondary N) is 2. The number of hydrogen-bond donors (Lipinski definition) is 3. The van der Waals surface area contributed by atoms with E-state index in [1.165, 1.54) is 25.0 Å². The monoisotopic (exact) mass is 376 g/mol. The lowest BCUT2D eigenvalue weighted by molar-refractivity contribution is 0.0696. The molecule has 0 radical (unpaired) electrons. The van der Waals surface area contributed by atoms with Crippen LogP contribution in [-0.4, -0.2) is 38.6 Å². The molecule has 0 saturated heterocycles. The van der Waals surface area contributed by atoms with Crippen molar-refractivity contribution in [2.24, 2.45) is 0 Å². The summed E-state index contributed by atoms with van der Waals surface area (Å²) in [5, 5.41) is 12.2. The van der Waals surface area contributed by atoms with Gasteiger partial charge in [-0.05, 0) is 59.9 Å². The van der Waals surface area contributed by atoms with Crippen molar-refractivity contribution in [2.45, 2.75) is 30.2 Å². The fourth-order valence-corrected chi connectivity index (χ4v) is 3.87. The molecule has 1 aromatic rings. The summed E-state index contributed by atoms with van der Waals surface area (Å²) in [4.78, 5) is 10.9. The molecule has 8 heteroatoms. The summed E-state index contributed by atoms with van der Waals surface area (Å²) in [6.45, 7) is 1.08. The first-order valence-corrected chi connectivity index (χ1v) is 8.93. The Balaban J connectivity index is 1.97. The van der Waals surface area contributed by atoms with Crippen molar-refractivity contribution in [3.63, 3.8) is 0 Å². The minimum absolute atomic E-state index is 0.0578. The van der Waals surface area contributed by atoms with Crippen LogP contribution >= 0.6 is 15.9 Å². The first-order valence-electron chi connectivity index (χ1n) is 6.66. The van der Waals surface area contributed by atoms with Crippen molar-refractivity contribution in [1.82, 2.24) is 10.0 Å². The van der Waals surface area contributed by atoms with Crippen LogP contribution in [0.25, 0.3) is 0 Å². The lowest BCUT2D eigenvalue weighted by atomic mass is 10.2. The van der Waals surface area contributed by atoms with Crippen LogP contribution in [0.5, 0.6) is 0 Å². The molecule has 0 spiro atoms. The second kappa shape index (κ2) is 6.87. The third-order valence-corrected chi connectivity index (χ3v) is 5.58. The molecule has 0 aromatic heterocycles. The molecule has 0 atom stereocenters. The van der Waals surface area contributed by atoms with Crippen LogP contribution in [0, 0.1) is 0 Å². The highest BCUT2D eigenvalue weighted by Gasteiger charge is 2.21. The number of halogens is 1. The van der Waals surface area contributed by atoms with Gasteiger partial charge in [-0.3, -0.25) is 0 Å². The normalized spacial score (nSPS) is 15.1. The summed E-state index contributed by atoms with van der Waals surface area (Å²) in [5.74, 6) is -1.16. The van der Waals surface area contributed by atoms with E-state index in [0.29, 0.717) is 23.5 Å². The number of benzene rings is 1. The molecule has 0 aliphatic heterocycles. The average molecular weight is 377 g/mol. The molecule has 0 amide bonds.